The third kappa shape index (κ3) is 2.24. The van der Waals surface area contributed by atoms with Crippen LogP contribution in [0.5, 0.6) is 0 Å². The molecule has 3 heteroatoms. The Morgan fingerprint density at radius 2 is 1.71 bits per heavy atom. The lowest BCUT2D eigenvalue weighted by molar-refractivity contribution is -0.143. The molecule has 1 atom stereocenters. The van der Waals surface area contributed by atoms with Gasteiger partial charge in [-0.1, -0.05) is 36.4 Å². The van der Waals surface area contributed by atoms with E-state index < -0.39 is 11.2 Å². The predicted octanol–water partition coefficient (Wildman–Crippen LogP) is 3.31. The quantitative estimate of drug-likeness (QED) is 0.919. The van der Waals surface area contributed by atoms with Crippen molar-refractivity contribution in [1.82, 2.24) is 0 Å². The molecule has 1 unspecified atom stereocenters. The molecule has 0 aromatic heterocycles. The maximum Gasteiger partial charge on any atom is 0.210 e. The van der Waals surface area contributed by atoms with Gasteiger partial charge in [-0.05, 0) is 43.2 Å². The van der Waals surface area contributed by atoms with Crippen LogP contribution in [0.1, 0.15) is 26.3 Å². The number of rotatable bonds is 2. The zero-order valence-corrected chi connectivity index (χ0v) is 12.4. The summed E-state index contributed by atoms with van der Waals surface area (Å²) in [5.74, 6) is -0.0210. The second kappa shape index (κ2) is 4.43. The van der Waals surface area contributed by atoms with E-state index >= 15 is 0 Å². The van der Waals surface area contributed by atoms with Gasteiger partial charge in [0.05, 0.1) is 0 Å². The van der Waals surface area contributed by atoms with Crippen molar-refractivity contribution in [3.05, 3.63) is 59.9 Å². The van der Waals surface area contributed by atoms with Crippen LogP contribution in [0, 0.1) is 0 Å². The predicted molar refractivity (Wildman–Crippen MR) is 81.8 cm³/mol. The summed E-state index contributed by atoms with van der Waals surface area (Å²) in [4.78, 5) is 12.0. The van der Waals surface area contributed by atoms with Crippen LogP contribution in [0.3, 0.4) is 0 Å². The molecule has 0 fully saturated rings. The number of benzene rings is 2. The van der Waals surface area contributed by atoms with Crippen LogP contribution in [0.4, 0.5) is 0 Å². The molecule has 3 rings (SSSR count). The molecule has 21 heavy (non-hydrogen) atoms. The molecule has 108 valence electrons. The summed E-state index contributed by atoms with van der Waals surface area (Å²) in [5, 5.41) is 12.8. The van der Waals surface area contributed by atoms with Gasteiger partial charge in [0, 0.05) is 6.08 Å². The topological polar surface area (TPSA) is 46.5 Å². The highest BCUT2D eigenvalue weighted by Crippen LogP contribution is 2.41. The van der Waals surface area contributed by atoms with Crippen LogP contribution in [-0.2, 0) is 15.1 Å². The van der Waals surface area contributed by atoms with Gasteiger partial charge in [0.25, 0.3) is 0 Å². The molecule has 1 N–H and O–H groups in total. The fourth-order valence-electron chi connectivity index (χ4n) is 2.50. The summed E-state index contributed by atoms with van der Waals surface area (Å²) >= 11 is 0. The lowest BCUT2D eigenvalue weighted by atomic mass is 9.78. The number of ether oxygens (including phenoxy) is 1. The largest absolute Gasteiger partial charge is 0.488 e. The third-order valence-electron chi connectivity index (χ3n) is 3.56. The van der Waals surface area contributed by atoms with Crippen molar-refractivity contribution < 1.29 is 14.6 Å². The highest BCUT2D eigenvalue weighted by Gasteiger charge is 2.51. The molecule has 1 aliphatic rings. The molecule has 0 aliphatic heterocycles. The zero-order valence-electron chi connectivity index (χ0n) is 12.4. The second-order valence-electron chi connectivity index (χ2n) is 6.36. The summed E-state index contributed by atoms with van der Waals surface area (Å²) in [6, 6.07) is 13.4. The van der Waals surface area contributed by atoms with E-state index in [1.807, 2.05) is 57.2 Å². The third-order valence-corrected chi connectivity index (χ3v) is 3.56. The Bertz CT molecular complexity index is 752. The van der Waals surface area contributed by atoms with Crippen LogP contribution in [0.15, 0.2) is 54.3 Å². The van der Waals surface area contributed by atoms with E-state index in [0.717, 1.165) is 10.8 Å². The van der Waals surface area contributed by atoms with E-state index in [9.17, 15) is 9.90 Å². The maximum atomic E-state index is 12.0. The number of hydrogen-bond acceptors (Lipinski definition) is 3. The van der Waals surface area contributed by atoms with Gasteiger partial charge >= 0.3 is 0 Å². The van der Waals surface area contributed by atoms with Gasteiger partial charge in [0.1, 0.15) is 11.4 Å². The summed E-state index contributed by atoms with van der Waals surface area (Å²) in [5.41, 5.74) is -1.57. The Kier molecular flexibility index (Phi) is 2.92. The van der Waals surface area contributed by atoms with E-state index in [1.165, 1.54) is 6.08 Å². The Morgan fingerprint density at radius 3 is 2.33 bits per heavy atom. The Labute approximate surface area is 123 Å². The van der Waals surface area contributed by atoms with E-state index in [4.69, 9.17) is 4.74 Å². The monoisotopic (exact) mass is 282 g/mol. The van der Waals surface area contributed by atoms with Crippen LogP contribution < -0.4 is 0 Å². The van der Waals surface area contributed by atoms with Gasteiger partial charge < -0.3 is 9.84 Å². The number of carbonyl (C=O) groups is 1. The Balaban J connectivity index is 2.04. The fraction of sp³-hybridized carbons (Fsp3) is 0.278. The summed E-state index contributed by atoms with van der Waals surface area (Å²) in [6.07, 6.45) is 1.36. The first kappa shape index (κ1) is 13.8. The first-order valence-electron chi connectivity index (χ1n) is 6.98. The number of aliphatic hydroxyl groups is 1. The van der Waals surface area contributed by atoms with Gasteiger partial charge in [-0.25, -0.2) is 0 Å². The van der Waals surface area contributed by atoms with Gasteiger partial charge in [-0.3, -0.25) is 4.79 Å². The highest BCUT2D eigenvalue weighted by molar-refractivity contribution is 6.07. The average Bonchev–Trinajstić information content (AvgIpc) is 2.44. The van der Waals surface area contributed by atoms with Crippen molar-refractivity contribution in [2.75, 3.05) is 0 Å². The van der Waals surface area contributed by atoms with Crippen molar-refractivity contribution in [3.8, 4) is 0 Å². The number of ketones is 1. The minimum absolute atomic E-state index is 0.315. The molecule has 0 saturated heterocycles. The molecule has 0 radical (unpaired) electrons. The molecule has 3 nitrogen and oxygen atoms in total. The van der Waals surface area contributed by atoms with Crippen molar-refractivity contribution in [2.24, 2.45) is 0 Å². The first-order valence-corrected chi connectivity index (χ1v) is 6.98. The standard InChI is InChI=1S/C18H18O3/c1-17(2,3)21-16-11-15(19)18(16,20)14-9-8-12-6-4-5-7-13(12)10-14/h4-11,20H,1-3H3. The molecule has 0 spiro atoms. The summed E-state index contributed by atoms with van der Waals surface area (Å²) in [7, 11) is 0. The first-order chi connectivity index (χ1) is 9.80. The van der Waals surface area contributed by atoms with E-state index in [0.29, 0.717) is 11.3 Å². The van der Waals surface area contributed by atoms with E-state index in [-0.39, 0.29) is 5.78 Å². The average molecular weight is 282 g/mol. The summed E-state index contributed by atoms with van der Waals surface area (Å²) < 4.78 is 5.72. The molecule has 0 saturated carbocycles. The van der Waals surface area contributed by atoms with Gasteiger partial charge in [-0.2, -0.15) is 0 Å². The van der Waals surface area contributed by atoms with Crippen LogP contribution in [-0.4, -0.2) is 16.5 Å². The van der Waals surface area contributed by atoms with E-state index in [1.54, 1.807) is 6.07 Å². The number of carbonyl (C=O) groups excluding carboxylic acids is 1. The second-order valence-corrected chi connectivity index (χ2v) is 6.36. The molecular weight excluding hydrogens is 264 g/mol. The molecule has 2 aromatic carbocycles. The minimum Gasteiger partial charge on any atom is -0.488 e. The van der Waals surface area contributed by atoms with E-state index in [2.05, 4.69) is 0 Å². The molecule has 0 heterocycles. The highest BCUT2D eigenvalue weighted by atomic mass is 16.5. The molecule has 1 aliphatic carbocycles. The maximum absolute atomic E-state index is 12.0. The van der Waals surface area contributed by atoms with Crippen molar-refractivity contribution in [3.63, 3.8) is 0 Å². The van der Waals surface area contributed by atoms with Crippen molar-refractivity contribution in [1.29, 1.82) is 0 Å². The van der Waals surface area contributed by atoms with Crippen molar-refractivity contribution in [2.45, 2.75) is 32.0 Å². The van der Waals surface area contributed by atoms with Crippen LogP contribution >= 0.6 is 0 Å². The molecular formula is C18H18O3. The SMILES string of the molecule is CC(C)(C)OC1=CC(=O)C1(O)c1ccc2ccccc2c1. The van der Waals surface area contributed by atoms with Crippen LogP contribution in [0.2, 0.25) is 0 Å². The van der Waals surface area contributed by atoms with Gasteiger partial charge in [0.2, 0.25) is 11.4 Å². The van der Waals surface area contributed by atoms with Gasteiger partial charge in [-0.15, -0.1) is 0 Å². The van der Waals surface area contributed by atoms with Gasteiger partial charge in [0.15, 0.2) is 0 Å². The zero-order chi connectivity index (χ0) is 15.3. The molecule has 0 bridgehead atoms. The molecule has 0 amide bonds. The van der Waals surface area contributed by atoms with Crippen LogP contribution in [0.25, 0.3) is 10.8 Å². The lowest BCUT2D eigenvalue weighted by Crippen LogP contribution is -2.47. The molecule has 2 aromatic rings. The normalized spacial score (nSPS) is 21.9. The number of hydrogen-bond donors (Lipinski definition) is 1. The number of fused-ring (bicyclic) bond motifs is 1. The Hall–Kier alpha value is -2.13. The van der Waals surface area contributed by atoms with Crippen molar-refractivity contribution >= 4 is 16.6 Å². The smallest absolute Gasteiger partial charge is 0.210 e. The Morgan fingerprint density at radius 1 is 1.05 bits per heavy atom. The fourth-order valence-corrected chi connectivity index (χ4v) is 2.50. The summed E-state index contributed by atoms with van der Waals surface area (Å²) in [6.45, 7) is 5.66. The minimum atomic E-state index is -1.66. The lowest BCUT2D eigenvalue weighted by Gasteiger charge is -2.38.